The third kappa shape index (κ3) is 3.08. The number of nitrogens with zero attached hydrogens (tertiary/aromatic N) is 2. The number of aromatic nitrogens is 2. The number of aryl methyl sites for hydroxylation is 2. The zero-order valence-corrected chi connectivity index (χ0v) is 12.7. The lowest BCUT2D eigenvalue weighted by Crippen LogP contribution is -2.35. The molecule has 2 heterocycles. The van der Waals surface area contributed by atoms with Crippen molar-refractivity contribution in [2.45, 2.75) is 33.2 Å². The van der Waals surface area contributed by atoms with Crippen molar-refractivity contribution in [3.05, 3.63) is 29.1 Å². The minimum atomic E-state index is 0.0743. The topological polar surface area (TPSA) is 61.0 Å². The molecule has 1 amide bonds. The van der Waals surface area contributed by atoms with Crippen LogP contribution in [0.4, 0.5) is 0 Å². The molecule has 3 rings (SSSR count). The molecule has 5 nitrogen and oxygen atoms in total. The van der Waals surface area contributed by atoms with Gasteiger partial charge in [0.05, 0.1) is 24.1 Å². The Hall–Kier alpha value is -1.88. The maximum atomic E-state index is 11.9. The first-order chi connectivity index (χ1) is 10.1. The number of aromatic amines is 1. The third-order valence-corrected chi connectivity index (χ3v) is 4.25. The average Bonchev–Trinajstić information content (AvgIpc) is 3.10. The number of nitrogens with one attached hydrogen (secondary N) is 2. The van der Waals surface area contributed by atoms with E-state index in [2.05, 4.69) is 40.1 Å². The highest BCUT2D eigenvalue weighted by Crippen LogP contribution is 2.19. The van der Waals surface area contributed by atoms with Crippen LogP contribution in [0.25, 0.3) is 11.0 Å². The van der Waals surface area contributed by atoms with Crippen molar-refractivity contribution >= 4 is 16.9 Å². The highest BCUT2D eigenvalue weighted by molar-refractivity contribution is 5.80. The molecule has 1 aromatic carbocycles. The smallest absolute Gasteiger partial charge is 0.234 e. The van der Waals surface area contributed by atoms with Gasteiger partial charge in [-0.3, -0.25) is 9.69 Å². The first-order valence-electron chi connectivity index (χ1n) is 7.57. The second-order valence-corrected chi connectivity index (χ2v) is 5.85. The molecule has 0 aliphatic carbocycles. The molecule has 1 saturated heterocycles. The molecule has 112 valence electrons. The summed E-state index contributed by atoms with van der Waals surface area (Å²) in [6.45, 7) is 7.19. The number of likely N-dealkylation sites (tertiary alicyclic amines) is 1. The van der Waals surface area contributed by atoms with Gasteiger partial charge in [-0.15, -0.1) is 0 Å². The van der Waals surface area contributed by atoms with Crippen molar-refractivity contribution in [3.8, 4) is 0 Å². The van der Waals surface area contributed by atoms with Crippen LogP contribution in [0.5, 0.6) is 0 Å². The standard InChI is InChI=1S/C16H22N4O/c1-11-5-6-13-16(12(11)2)19-14(18-13)9-17-15(21)10-20-7-3-4-8-20/h5-6H,3-4,7-10H2,1-2H3,(H,17,21)(H,18,19). The van der Waals surface area contributed by atoms with Crippen molar-refractivity contribution in [3.63, 3.8) is 0 Å². The molecule has 0 atom stereocenters. The molecule has 1 aliphatic rings. The van der Waals surface area contributed by atoms with Crippen LogP contribution in [0.15, 0.2) is 12.1 Å². The van der Waals surface area contributed by atoms with E-state index in [-0.39, 0.29) is 5.91 Å². The molecule has 0 spiro atoms. The van der Waals surface area contributed by atoms with Crippen molar-refractivity contribution in [2.75, 3.05) is 19.6 Å². The number of H-pyrrole nitrogens is 1. The highest BCUT2D eigenvalue weighted by atomic mass is 16.2. The SMILES string of the molecule is Cc1ccc2[nH]c(CNC(=O)CN3CCCC3)nc2c1C. The Morgan fingerprint density at radius 2 is 2.10 bits per heavy atom. The molecule has 0 bridgehead atoms. The predicted molar refractivity (Wildman–Crippen MR) is 83.1 cm³/mol. The number of hydrogen-bond donors (Lipinski definition) is 2. The lowest BCUT2D eigenvalue weighted by Gasteiger charge is -2.13. The van der Waals surface area contributed by atoms with Gasteiger partial charge >= 0.3 is 0 Å². The number of carbonyl (C=O) groups is 1. The predicted octanol–water partition coefficient (Wildman–Crippen LogP) is 1.89. The Morgan fingerprint density at radius 1 is 1.33 bits per heavy atom. The number of benzene rings is 1. The zero-order valence-electron chi connectivity index (χ0n) is 12.7. The third-order valence-electron chi connectivity index (χ3n) is 4.25. The van der Waals surface area contributed by atoms with E-state index >= 15 is 0 Å². The summed E-state index contributed by atoms with van der Waals surface area (Å²) in [6, 6.07) is 4.13. The van der Waals surface area contributed by atoms with E-state index in [1.165, 1.54) is 24.0 Å². The first-order valence-corrected chi connectivity index (χ1v) is 7.57. The number of amides is 1. The van der Waals surface area contributed by atoms with Crippen molar-refractivity contribution in [1.29, 1.82) is 0 Å². The average molecular weight is 286 g/mol. The largest absolute Gasteiger partial charge is 0.348 e. The zero-order chi connectivity index (χ0) is 14.8. The summed E-state index contributed by atoms with van der Waals surface area (Å²) < 4.78 is 0. The highest BCUT2D eigenvalue weighted by Gasteiger charge is 2.15. The monoisotopic (exact) mass is 286 g/mol. The summed E-state index contributed by atoms with van der Waals surface area (Å²) in [7, 11) is 0. The van der Waals surface area contributed by atoms with E-state index in [4.69, 9.17) is 0 Å². The Balaban J connectivity index is 1.62. The van der Waals surface area contributed by atoms with E-state index in [1.54, 1.807) is 0 Å². The maximum absolute atomic E-state index is 11.9. The molecular formula is C16H22N4O. The molecule has 5 heteroatoms. The Bertz CT molecular complexity index is 656. The number of carbonyl (C=O) groups excluding carboxylic acids is 1. The van der Waals surface area contributed by atoms with Gasteiger partial charge in [0.2, 0.25) is 5.91 Å². The molecule has 1 aromatic heterocycles. The van der Waals surface area contributed by atoms with Gasteiger partial charge in [0.1, 0.15) is 5.82 Å². The fraction of sp³-hybridized carbons (Fsp3) is 0.500. The van der Waals surface area contributed by atoms with Crippen LogP contribution >= 0.6 is 0 Å². The van der Waals surface area contributed by atoms with Crippen LogP contribution in [0.1, 0.15) is 29.8 Å². The van der Waals surface area contributed by atoms with Gasteiger partial charge in [-0.2, -0.15) is 0 Å². The van der Waals surface area contributed by atoms with Gasteiger partial charge in [0, 0.05) is 0 Å². The van der Waals surface area contributed by atoms with Gasteiger partial charge < -0.3 is 10.3 Å². The van der Waals surface area contributed by atoms with Crippen molar-refractivity contribution in [2.24, 2.45) is 0 Å². The maximum Gasteiger partial charge on any atom is 0.234 e. The summed E-state index contributed by atoms with van der Waals surface area (Å²) in [5.41, 5.74) is 4.46. The number of fused-ring (bicyclic) bond motifs is 1. The Labute approximate surface area is 124 Å². The summed E-state index contributed by atoms with van der Waals surface area (Å²) in [5.74, 6) is 0.888. The molecule has 0 unspecified atom stereocenters. The van der Waals surface area contributed by atoms with Gasteiger partial charge in [-0.25, -0.2) is 4.98 Å². The van der Waals surface area contributed by atoms with E-state index in [1.807, 2.05) is 6.07 Å². The summed E-state index contributed by atoms with van der Waals surface area (Å²) in [6.07, 6.45) is 2.41. The molecule has 2 aromatic rings. The second-order valence-electron chi connectivity index (χ2n) is 5.85. The summed E-state index contributed by atoms with van der Waals surface area (Å²) in [4.78, 5) is 22.0. The van der Waals surface area contributed by atoms with E-state index in [0.29, 0.717) is 13.1 Å². The van der Waals surface area contributed by atoms with Crippen LogP contribution in [-0.4, -0.2) is 40.4 Å². The van der Waals surface area contributed by atoms with E-state index in [0.717, 1.165) is 29.9 Å². The fourth-order valence-corrected chi connectivity index (χ4v) is 2.83. The number of hydrogen-bond acceptors (Lipinski definition) is 3. The van der Waals surface area contributed by atoms with Crippen LogP contribution in [0.3, 0.4) is 0 Å². The van der Waals surface area contributed by atoms with E-state index in [9.17, 15) is 4.79 Å². The molecule has 1 aliphatic heterocycles. The molecular weight excluding hydrogens is 264 g/mol. The lowest BCUT2D eigenvalue weighted by molar-refractivity contribution is -0.122. The quantitative estimate of drug-likeness (QED) is 0.902. The Kier molecular flexibility index (Phi) is 3.92. The van der Waals surface area contributed by atoms with Crippen LogP contribution in [0, 0.1) is 13.8 Å². The van der Waals surface area contributed by atoms with E-state index < -0.39 is 0 Å². The van der Waals surface area contributed by atoms with Crippen molar-refractivity contribution in [1.82, 2.24) is 20.2 Å². The molecule has 2 N–H and O–H groups in total. The van der Waals surface area contributed by atoms with Gasteiger partial charge in [0.25, 0.3) is 0 Å². The Morgan fingerprint density at radius 3 is 2.86 bits per heavy atom. The van der Waals surface area contributed by atoms with Gasteiger partial charge in [0.15, 0.2) is 0 Å². The fourth-order valence-electron chi connectivity index (χ4n) is 2.83. The van der Waals surface area contributed by atoms with Crippen LogP contribution in [0.2, 0.25) is 0 Å². The molecule has 0 saturated carbocycles. The van der Waals surface area contributed by atoms with Crippen LogP contribution in [-0.2, 0) is 11.3 Å². The van der Waals surface area contributed by atoms with Crippen LogP contribution < -0.4 is 5.32 Å². The second kappa shape index (κ2) is 5.85. The summed E-state index contributed by atoms with van der Waals surface area (Å²) in [5, 5.41) is 2.95. The van der Waals surface area contributed by atoms with Gasteiger partial charge in [-0.1, -0.05) is 6.07 Å². The summed E-state index contributed by atoms with van der Waals surface area (Å²) >= 11 is 0. The first kappa shape index (κ1) is 14.1. The normalized spacial score (nSPS) is 15.7. The molecule has 1 fully saturated rings. The molecule has 0 radical (unpaired) electrons. The van der Waals surface area contributed by atoms with Gasteiger partial charge in [-0.05, 0) is 57.0 Å². The van der Waals surface area contributed by atoms with Crippen molar-refractivity contribution < 1.29 is 4.79 Å². The minimum absolute atomic E-state index is 0.0743. The number of imidazole rings is 1. The minimum Gasteiger partial charge on any atom is -0.348 e. The lowest BCUT2D eigenvalue weighted by atomic mass is 10.1. The molecule has 21 heavy (non-hydrogen) atoms. The number of rotatable bonds is 4.